The van der Waals surface area contributed by atoms with Crippen molar-refractivity contribution in [1.82, 2.24) is 4.98 Å². The number of methoxy groups -OCH3 is 3. The van der Waals surface area contributed by atoms with E-state index in [1.54, 1.807) is 27.4 Å². The minimum atomic E-state index is -0.162. The van der Waals surface area contributed by atoms with Gasteiger partial charge in [-0.05, 0) is 35.4 Å². The molecule has 6 nitrogen and oxygen atoms in total. The van der Waals surface area contributed by atoms with Crippen LogP contribution >= 0.6 is 0 Å². The summed E-state index contributed by atoms with van der Waals surface area (Å²) in [6.45, 7) is 0.341. The Morgan fingerprint density at radius 3 is 2.19 bits per heavy atom. The second kappa shape index (κ2) is 8.83. The van der Waals surface area contributed by atoms with Crippen LogP contribution < -0.4 is 25.1 Å². The molecule has 0 atom stereocenters. The number of hydrogen-bond acceptors (Lipinski definition) is 5. The fraction of sp³-hybridized carbons (Fsp3) is 0.160. The lowest BCUT2D eigenvalue weighted by atomic mass is 10.0. The number of anilines is 1. The van der Waals surface area contributed by atoms with E-state index in [0.29, 0.717) is 34.9 Å². The second-order valence-electron chi connectivity index (χ2n) is 7.05. The zero-order valence-electron chi connectivity index (χ0n) is 17.7. The number of rotatable bonds is 7. The molecule has 4 rings (SSSR count). The van der Waals surface area contributed by atoms with Gasteiger partial charge in [0.2, 0.25) is 0 Å². The summed E-state index contributed by atoms with van der Waals surface area (Å²) in [5, 5.41) is 4.21. The number of aromatic amines is 1. The van der Waals surface area contributed by atoms with Gasteiger partial charge in [-0.1, -0.05) is 36.4 Å². The standard InChI is InChI=1S/C25H24N2O4/c1-29-22-10-9-17(16-7-5-4-6-8-16)12-21(22)26-15-19-11-18-13-23(30-2)24(31-3)14-20(18)27-25(19)28/h4-14,26H,15H2,1-3H3,(H,27,28). The van der Waals surface area contributed by atoms with Gasteiger partial charge >= 0.3 is 0 Å². The predicted octanol–water partition coefficient (Wildman–Crippen LogP) is 4.83. The van der Waals surface area contributed by atoms with Crippen LogP contribution in [0.3, 0.4) is 0 Å². The zero-order chi connectivity index (χ0) is 21.8. The quantitative estimate of drug-likeness (QED) is 0.451. The smallest absolute Gasteiger partial charge is 0.253 e. The summed E-state index contributed by atoms with van der Waals surface area (Å²) < 4.78 is 16.2. The summed E-state index contributed by atoms with van der Waals surface area (Å²) in [5.74, 6) is 1.89. The van der Waals surface area contributed by atoms with E-state index in [-0.39, 0.29) is 5.56 Å². The summed E-state index contributed by atoms with van der Waals surface area (Å²) in [6.07, 6.45) is 0. The van der Waals surface area contributed by atoms with Crippen LogP contribution in [0.2, 0.25) is 0 Å². The van der Waals surface area contributed by atoms with Gasteiger partial charge in [0.25, 0.3) is 5.56 Å². The lowest BCUT2D eigenvalue weighted by Crippen LogP contribution is -2.16. The number of benzene rings is 3. The Morgan fingerprint density at radius 1 is 0.774 bits per heavy atom. The highest BCUT2D eigenvalue weighted by molar-refractivity contribution is 5.83. The van der Waals surface area contributed by atoms with Crippen molar-refractivity contribution < 1.29 is 14.2 Å². The molecule has 0 spiro atoms. The van der Waals surface area contributed by atoms with Gasteiger partial charge in [-0.2, -0.15) is 0 Å². The van der Waals surface area contributed by atoms with Gasteiger partial charge in [0.05, 0.1) is 32.5 Å². The normalized spacial score (nSPS) is 10.7. The molecule has 0 saturated heterocycles. The molecule has 3 aromatic carbocycles. The first-order valence-corrected chi connectivity index (χ1v) is 9.88. The Morgan fingerprint density at radius 2 is 1.48 bits per heavy atom. The molecule has 31 heavy (non-hydrogen) atoms. The van der Waals surface area contributed by atoms with Crippen molar-refractivity contribution in [1.29, 1.82) is 0 Å². The molecule has 0 aliphatic heterocycles. The van der Waals surface area contributed by atoms with Crippen molar-refractivity contribution >= 4 is 16.6 Å². The van der Waals surface area contributed by atoms with Crippen molar-refractivity contribution in [3.8, 4) is 28.4 Å². The topological polar surface area (TPSA) is 72.6 Å². The first-order chi connectivity index (χ1) is 15.1. The van der Waals surface area contributed by atoms with E-state index in [2.05, 4.69) is 22.4 Å². The summed E-state index contributed by atoms with van der Waals surface area (Å²) in [7, 11) is 4.78. The van der Waals surface area contributed by atoms with Gasteiger partial charge in [-0.15, -0.1) is 0 Å². The van der Waals surface area contributed by atoms with Crippen molar-refractivity contribution in [2.24, 2.45) is 0 Å². The van der Waals surface area contributed by atoms with Crippen LogP contribution in [0.1, 0.15) is 5.56 Å². The van der Waals surface area contributed by atoms with E-state index in [1.807, 2.05) is 48.5 Å². The highest BCUT2D eigenvalue weighted by atomic mass is 16.5. The molecule has 1 heterocycles. The predicted molar refractivity (Wildman–Crippen MR) is 123 cm³/mol. The zero-order valence-corrected chi connectivity index (χ0v) is 17.7. The van der Waals surface area contributed by atoms with E-state index < -0.39 is 0 Å². The summed E-state index contributed by atoms with van der Waals surface area (Å²) >= 11 is 0. The Labute approximate surface area is 180 Å². The maximum absolute atomic E-state index is 12.7. The second-order valence-corrected chi connectivity index (χ2v) is 7.05. The van der Waals surface area contributed by atoms with Crippen molar-refractivity contribution in [2.75, 3.05) is 26.6 Å². The molecule has 158 valence electrons. The SMILES string of the molecule is COc1ccc(-c2ccccc2)cc1NCc1cc2cc(OC)c(OC)cc2[nH]c1=O. The summed E-state index contributed by atoms with van der Waals surface area (Å²) in [4.78, 5) is 15.6. The molecule has 0 bridgehead atoms. The van der Waals surface area contributed by atoms with Gasteiger partial charge in [0.1, 0.15) is 5.75 Å². The van der Waals surface area contributed by atoms with Crippen molar-refractivity contribution in [3.63, 3.8) is 0 Å². The van der Waals surface area contributed by atoms with Crippen LogP contribution in [0, 0.1) is 0 Å². The monoisotopic (exact) mass is 416 g/mol. The minimum absolute atomic E-state index is 0.162. The fourth-order valence-electron chi connectivity index (χ4n) is 3.56. The van der Waals surface area contributed by atoms with Gasteiger partial charge in [-0.3, -0.25) is 4.79 Å². The van der Waals surface area contributed by atoms with Crippen LogP contribution in [0.25, 0.3) is 22.0 Å². The molecule has 0 radical (unpaired) electrons. The number of pyridine rings is 1. The molecule has 0 unspecified atom stereocenters. The highest BCUT2D eigenvalue weighted by Gasteiger charge is 2.11. The molecular formula is C25H24N2O4. The molecule has 0 aliphatic carbocycles. The molecule has 0 fully saturated rings. The Balaban J connectivity index is 1.65. The van der Waals surface area contributed by atoms with Gasteiger partial charge in [0, 0.05) is 23.6 Å². The number of fused-ring (bicyclic) bond motifs is 1. The van der Waals surface area contributed by atoms with Crippen molar-refractivity contribution in [2.45, 2.75) is 6.54 Å². The van der Waals surface area contributed by atoms with E-state index in [4.69, 9.17) is 14.2 Å². The molecule has 0 amide bonds. The third kappa shape index (κ3) is 4.19. The number of ether oxygens (including phenoxy) is 3. The highest BCUT2D eigenvalue weighted by Crippen LogP contribution is 2.32. The average molecular weight is 416 g/mol. The lowest BCUT2D eigenvalue weighted by Gasteiger charge is -2.14. The lowest BCUT2D eigenvalue weighted by molar-refractivity contribution is 0.356. The van der Waals surface area contributed by atoms with Gasteiger partial charge in [-0.25, -0.2) is 0 Å². The average Bonchev–Trinajstić information content (AvgIpc) is 2.82. The first kappa shape index (κ1) is 20.3. The molecule has 4 aromatic rings. The van der Waals surface area contributed by atoms with Crippen LogP contribution in [0.15, 0.2) is 71.5 Å². The van der Waals surface area contributed by atoms with E-state index in [0.717, 1.165) is 22.2 Å². The first-order valence-electron chi connectivity index (χ1n) is 9.88. The molecule has 6 heteroatoms. The maximum atomic E-state index is 12.7. The molecule has 0 saturated carbocycles. The third-order valence-electron chi connectivity index (χ3n) is 5.20. The molecule has 1 aromatic heterocycles. The molecule has 0 aliphatic rings. The summed E-state index contributed by atoms with van der Waals surface area (Å²) in [6, 6.07) is 21.5. The maximum Gasteiger partial charge on any atom is 0.253 e. The van der Waals surface area contributed by atoms with E-state index in [1.165, 1.54) is 0 Å². The largest absolute Gasteiger partial charge is 0.495 e. The minimum Gasteiger partial charge on any atom is -0.495 e. The van der Waals surface area contributed by atoms with Gasteiger partial charge < -0.3 is 24.5 Å². The van der Waals surface area contributed by atoms with Crippen LogP contribution in [0.5, 0.6) is 17.2 Å². The number of aromatic nitrogens is 1. The Bertz CT molecular complexity index is 1270. The van der Waals surface area contributed by atoms with Crippen LogP contribution in [-0.2, 0) is 6.54 Å². The molecular weight excluding hydrogens is 392 g/mol. The van der Waals surface area contributed by atoms with Gasteiger partial charge in [0.15, 0.2) is 11.5 Å². The third-order valence-corrected chi connectivity index (χ3v) is 5.20. The fourth-order valence-corrected chi connectivity index (χ4v) is 3.56. The Hall–Kier alpha value is -3.93. The van der Waals surface area contributed by atoms with E-state index >= 15 is 0 Å². The molecule has 2 N–H and O–H groups in total. The van der Waals surface area contributed by atoms with Crippen LogP contribution in [-0.4, -0.2) is 26.3 Å². The number of nitrogens with one attached hydrogen (secondary N) is 2. The van der Waals surface area contributed by atoms with Crippen molar-refractivity contribution in [3.05, 3.63) is 82.6 Å². The Kier molecular flexibility index (Phi) is 5.80. The number of hydrogen-bond donors (Lipinski definition) is 2. The van der Waals surface area contributed by atoms with Crippen LogP contribution in [0.4, 0.5) is 5.69 Å². The van der Waals surface area contributed by atoms with E-state index in [9.17, 15) is 4.79 Å². The number of H-pyrrole nitrogens is 1. The summed E-state index contributed by atoms with van der Waals surface area (Å²) in [5.41, 5.74) is 4.12.